The fraction of sp³-hybridized carbons (Fsp3) is 1.00. The molecule has 78 valence electrons. The maximum atomic E-state index is 11.2. The Morgan fingerprint density at radius 3 is 2.46 bits per heavy atom. The summed E-state index contributed by atoms with van der Waals surface area (Å²) in [5.41, 5.74) is -0.352. The standard InChI is InChI=1S/C7H14BrNO3S/c1-7(2)5(3-6(7)10)9-13(11,12)4-8/h5-6,9-10H,3-4H2,1-2H3. The lowest BCUT2D eigenvalue weighted by molar-refractivity contribution is -0.0644. The van der Waals surface area contributed by atoms with Crippen molar-refractivity contribution in [3.05, 3.63) is 0 Å². The number of sulfonamides is 1. The van der Waals surface area contributed by atoms with E-state index in [4.69, 9.17) is 0 Å². The van der Waals surface area contributed by atoms with Crippen molar-refractivity contribution in [3.8, 4) is 0 Å². The molecule has 6 heteroatoms. The minimum Gasteiger partial charge on any atom is -0.392 e. The van der Waals surface area contributed by atoms with Crippen LogP contribution in [-0.4, -0.2) is 30.3 Å². The van der Waals surface area contributed by atoms with Crippen LogP contribution in [0.25, 0.3) is 0 Å². The van der Waals surface area contributed by atoms with E-state index in [1.54, 1.807) is 0 Å². The fourth-order valence-electron chi connectivity index (χ4n) is 1.35. The Hall–Kier alpha value is 0.350. The highest BCUT2D eigenvalue weighted by Crippen LogP contribution is 2.40. The molecule has 0 aromatic rings. The summed E-state index contributed by atoms with van der Waals surface area (Å²) in [7, 11) is -3.22. The molecule has 1 aliphatic rings. The van der Waals surface area contributed by atoms with Gasteiger partial charge in [0.1, 0.15) is 4.66 Å². The van der Waals surface area contributed by atoms with Gasteiger partial charge in [0.2, 0.25) is 10.0 Å². The molecule has 0 aliphatic heterocycles. The molecule has 2 atom stereocenters. The van der Waals surface area contributed by atoms with Gasteiger partial charge in [-0.05, 0) is 6.42 Å². The molecule has 0 bridgehead atoms. The van der Waals surface area contributed by atoms with E-state index in [1.165, 1.54) is 0 Å². The molecule has 1 saturated carbocycles. The number of aliphatic hydroxyl groups is 1. The summed E-state index contributed by atoms with van der Waals surface area (Å²) in [5.74, 6) is 0. The third-order valence-electron chi connectivity index (χ3n) is 2.68. The van der Waals surface area contributed by atoms with E-state index in [-0.39, 0.29) is 16.1 Å². The van der Waals surface area contributed by atoms with Crippen molar-refractivity contribution in [1.82, 2.24) is 4.72 Å². The second-order valence-electron chi connectivity index (χ2n) is 3.97. The molecule has 1 rings (SSSR count). The van der Waals surface area contributed by atoms with Crippen LogP contribution in [0.1, 0.15) is 20.3 Å². The van der Waals surface area contributed by atoms with Crippen LogP contribution in [0.5, 0.6) is 0 Å². The van der Waals surface area contributed by atoms with Gasteiger partial charge in [-0.15, -0.1) is 0 Å². The van der Waals surface area contributed by atoms with Gasteiger partial charge < -0.3 is 5.11 Å². The first-order chi connectivity index (χ1) is 5.79. The van der Waals surface area contributed by atoms with E-state index < -0.39 is 16.1 Å². The Kier molecular flexibility index (Phi) is 3.07. The zero-order valence-electron chi connectivity index (χ0n) is 7.62. The van der Waals surface area contributed by atoms with Gasteiger partial charge in [0.05, 0.1) is 6.10 Å². The first-order valence-corrected chi connectivity index (χ1v) is 6.81. The van der Waals surface area contributed by atoms with E-state index in [2.05, 4.69) is 20.7 Å². The van der Waals surface area contributed by atoms with Crippen molar-refractivity contribution in [2.75, 3.05) is 4.66 Å². The van der Waals surface area contributed by atoms with Crippen molar-refractivity contribution in [3.63, 3.8) is 0 Å². The van der Waals surface area contributed by atoms with Crippen LogP contribution in [0.4, 0.5) is 0 Å². The van der Waals surface area contributed by atoms with E-state index in [0.717, 1.165) is 0 Å². The van der Waals surface area contributed by atoms with E-state index in [1.807, 2.05) is 13.8 Å². The average Bonchev–Trinajstić information content (AvgIpc) is 2.04. The molecule has 13 heavy (non-hydrogen) atoms. The molecule has 0 saturated heterocycles. The van der Waals surface area contributed by atoms with Gasteiger partial charge >= 0.3 is 0 Å². The molecule has 0 amide bonds. The molecule has 1 aliphatic carbocycles. The van der Waals surface area contributed by atoms with Crippen LogP contribution in [0, 0.1) is 5.41 Å². The minimum atomic E-state index is -3.22. The SMILES string of the molecule is CC1(C)C(O)CC1NS(=O)(=O)CBr. The lowest BCUT2D eigenvalue weighted by Gasteiger charge is -2.49. The summed E-state index contributed by atoms with van der Waals surface area (Å²) < 4.78 is 24.7. The monoisotopic (exact) mass is 271 g/mol. The van der Waals surface area contributed by atoms with E-state index >= 15 is 0 Å². The van der Waals surface area contributed by atoms with Gasteiger partial charge in [0, 0.05) is 11.5 Å². The molecule has 4 nitrogen and oxygen atoms in total. The number of hydrogen-bond acceptors (Lipinski definition) is 3. The van der Waals surface area contributed by atoms with E-state index in [9.17, 15) is 13.5 Å². The predicted molar refractivity (Wildman–Crippen MR) is 54.0 cm³/mol. The number of aliphatic hydroxyl groups excluding tert-OH is 1. The predicted octanol–water partition coefficient (Wildman–Crippen LogP) is 0.418. The number of nitrogens with one attached hydrogen (secondary N) is 1. The Balaban J connectivity index is 2.60. The van der Waals surface area contributed by atoms with Crippen molar-refractivity contribution >= 4 is 26.0 Å². The minimum absolute atomic E-state index is 0.0946. The summed E-state index contributed by atoms with van der Waals surface area (Å²) in [6.07, 6.45) is 0.0923. The normalized spacial score (nSPS) is 32.6. The van der Waals surface area contributed by atoms with Crippen LogP contribution in [0.15, 0.2) is 0 Å². The second kappa shape index (κ2) is 3.49. The van der Waals surface area contributed by atoms with Crippen molar-refractivity contribution in [2.24, 2.45) is 5.41 Å². The zero-order chi connectivity index (χ0) is 10.3. The smallest absolute Gasteiger partial charge is 0.221 e. The third-order valence-corrected chi connectivity index (χ3v) is 5.42. The molecule has 0 aromatic heterocycles. The Bertz CT molecular complexity index is 288. The Morgan fingerprint density at radius 1 is 1.62 bits per heavy atom. The van der Waals surface area contributed by atoms with Gasteiger partial charge in [-0.1, -0.05) is 29.8 Å². The largest absolute Gasteiger partial charge is 0.392 e. The summed E-state index contributed by atoms with van der Waals surface area (Å²) in [4.78, 5) is 0. The summed E-state index contributed by atoms with van der Waals surface area (Å²) >= 11 is 2.89. The molecule has 0 spiro atoms. The van der Waals surface area contributed by atoms with Crippen LogP contribution in [0.2, 0.25) is 0 Å². The highest BCUT2D eigenvalue weighted by molar-refractivity contribution is 9.10. The number of rotatable bonds is 3. The van der Waals surface area contributed by atoms with E-state index in [0.29, 0.717) is 6.42 Å². The topological polar surface area (TPSA) is 66.4 Å². The van der Waals surface area contributed by atoms with Gasteiger partial charge in [0.25, 0.3) is 0 Å². The molecule has 1 fully saturated rings. The highest BCUT2D eigenvalue weighted by Gasteiger charge is 2.48. The van der Waals surface area contributed by atoms with Gasteiger partial charge in [-0.25, -0.2) is 13.1 Å². The molecule has 2 N–H and O–H groups in total. The molecular formula is C7H14BrNO3S. The van der Waals surface area contributed by atoms with Crippen molar-refractivity contribution in [1.29, 1.82) is 0 Å². The molecule has 0 aromatic carbocycles. The van der Waals surface area contributed by atoms with Crippen LogP contribution >= 0.6 is 15.9 Å². The number of alkyl halides is 1. The number of halogens is 1. The highest BCUT2D eigenvalue weighted by atomic mass is 79.9. The van der Waals surface area contributed by atoms with Gasteiger partial charge in [-0.2, -0.15) is 0 Å². The Morgan fingerprint density at radius 2 is 2.15 bits per heavy atom. The van der Waals surface area contributed by atoms with Crippen molar-refractivity contribution in [2.45, 2.75) is 32.4 Å². The van der Waals surface area contributed by atoms with Crippen LogP contribution in [0.3, 0.4) is 0 Å². The first-order valence-electron chi connectivity index (χ1n) is 4.03. The first kappa shape index (κ1) is 11.4. The van der Waals surface area contributed by atoms with Gasteiger partial charge in [0.15, 0.2) is 0 Å². The van der Waals surface area contributed by atoms with Crippen LogP contribution < -0.4 is 4.72 Å². The van der Waals surface area contributed by atoms with Crippen LogP contribution in [-0.2, 0) is 10.0 Å². The maximum Gasteiger partial charge on any atom is 0.221 e. The maximum absolute atomic E-state index is 11.2. The summed E-state index contributed by atoms with van der Waals surface area (Å²) in [6.45, 7) is 3.70. The summed E-state index contributed by atoms with van der Waals surface area (Å²) in [5, 5.41) is 9.37. The zero-order valence-corrected chi connectivity index (χ0v) is 10.0. The fourth-order valence-corrected chi connectivity index (χ4v) is 2.64. The third kappa shape index (κ3) is 2.23. The van der Waals surface area contributed by atoms with Gasteiger partial charge in [-0.3, -0.25) is 0 Å². The molecule has 0 radical (unpaired) electrons. The lowest BCUT2D eigenvalue weighted by atomic mass is 9.65. The number of hydrogen-bond donors (Lipinski definition) is 2. The quantitative estimate of drug-likeness (QED) is 0.732. The van der Waals surface area contributed by atoms with Crippen molar-refractivity contribution < 1.29 is 13.5 Å². The molecular weight excluding hydrogens is 258 g/mol. The summed E-state index contributed by atoms with van der Waals surface area (Å²) in [6, 6.07) is -0.148. The molecule has 0 heterocycles. The second-order valence-corrected chi connectivity index (χ2v) is 7.02. The average molecular weight is 272 g/mol. The lowest BCUT2D eigenvalue weighted by Crippen LogP contribution is -2.61. The molecule has 2 unspecified atom stereocenters. The Labute approximate surface area is 86.9 Å².